The molecule has 1 rings (SSSR count). The number of urea groups is 1. The van der Waals surface area contributed by atoms with E-state index < -0.39 is 12.0 Å². The molecule has 110 valence electrons. The number of hydrogen-bond acceptors (Lipinski definition) is 2. The van der Waals surface area contributed by atoms with E-state index >= 15 is 0 Å². The molecule has 0 saturated heterocycles. The van der Waals surface area contributed by atoms with Crippen molar-refractivity contribution in [2.45, 2.75) is 32.2 Å². The van der Waals surface area contributed by atoms with Crippen LogP contribution in [0, 0.1) is 0 Å². The third kappa shape index (κ3) is 4.26. The largest absolute Gasteiger partial charge is 0.480 e. The minimum Gasteiger partial charge on any atom is -0.480 e. The Balaban J connectivity index is 2.52. The average Bonchev–Trinajstić information content (AvgIpc) is 2.45. The van der Waals surface area contributed by atoms with Gasteiger partial charge in [-0.15, -0.1) is 0 Å². The van der Waals surface area contributed by atoms with Gasteiger partial charge >= 0.3 is 12.0 Å². The van der Waals surface area contributed by atoms with Gasteiger partial charge in [-0.1, -0.05) is 44.2 Å². The van der Waals surface area contributed by atoms with Crippen LogP contribution in [0.1, 0.15) is 31.7 Å². The second kappa shape index (κ2) is 7.53. The van der Waals surface area contributed by atoms with E-state index in [1.165, 1.54) is 11.9 Å². The van der Waals surface area contributed by atoms with Gasteiger partial charge in [0.2, 0.25) is 0 Å². The van der Waals surface area contributed by atoms with Gasteiger partial charge in [-0.3, -0.25) is 0 Å². The van der Waals surface area contributed by atoms with Crippen LogP contribution in [0.3, 0.4) is 0 Å². The zero-order chi connectivity index (χ0) is 15.1. The Labute approximate surface area is 119 Å². The number of benzene rings is 1. The summed E-state index contributed by atoms with van der Waals surface area (Å²) in [6.07, 6.45) is 0.382. The van der Waals surface area contributed by atoms with Crippen molar-refractivity contribution in [3.8, 4) is 0 Å². The van der Waals surface area contributed by atoms with Crippen LogP contribution in [0.2, 0.25) is 0 Å². The molecule has 2 N–H and O–H groups in total. The van der Waals surface area contributed by atoms with E-state index in [2.05, 4.69) is 5.32 Å². The maximum Gasteiger partial charge on any atom is 0.326 e. The highest BCUT2D eigenvalue weighted by Crippen LogP contribution is 2.13. The van der Waals surface area contributed by atoms with Crippen LogP contribution in [-0.2, 0) is 4.79 Å². The average molecular weight is 278 g/mol. The molecule has 0 aliphatic heterocycles. The molecule has 0 radical (unpaired) electrons. The number of nitrogens with one attached hydrogen (secondary N) is 1. The van der Waals surface area contributed by atoms with Gasteiger partial charge < -0.3 is 15.3 Å². The lowest BCUT2D eigenvalue weighted by Gasteiger charge is -2.25. The van der Waals surface area contributed by atoms with E-state index in [4.69, 9.17) is 5.11 Å². The summed E-state index contributed by atoms with van der Waals surface area (Å²) in [4.78, 5) is 24.2. The number of amides is 2. The molecule has 1 aromatic carbocycles. The molecule has 0 aromatic heterocycles. The number of carbonyl (C=O) groups is 2. The summed E-state index contributed by atoms with van der Waals surface area (Å²) in [6.45, 7) is 4.24. The first-order chi connectivity index (χ1) is 9.47. The van der Waals surface area contributed by atoms with E-state index in [0.717, 1.165) is 5.56 Å². The van der Waals surface area contributed by atoms with Crippen molar-refractivity contribution in [3.63, 3.8) is 0 Å². The zero-order valence-corrected chi connectivity index (χ0v) is 12.2. The molecule has 0 saturated carbocycles. The molecular weight excluding hydrogens is 256 g/mol. The number of carboxylic acids is 1. The van der Waals surface area contributed by atoms with Crippen LogP contribution in [0.4, 0.5) is 4.79 Å². The smallest absolute Gasteiger partial charge is 0.326 e. The molecule has 0 bridgehead atoms. The van der Waals surface area contributed by atoms with Crippen LogP contribution in [0.25, 0.3) is 0 Å². The van der Waals surface area contributed by atoms with Gasteiger partial charge in [0.15, 0.2) is 0 Å². The van der Waals surface area contributed by atoms with Gasteiger partial charge in [0.25, 0.3) is 0 Å². The Hall–Kier alpha value is -2.04. The van der Waals surface area contributed by atoms with Gasteiger partial charge in [-0.25, -0.2) is 9.59 Å². The van der Waals surface area contributed by atoms with Crippen LogP contribution in [0.15, 0.2) is 30.3 Å². The summed E-state index contributed by atoms with van der Waals surface area (Å²) in [6, 6.07) is 8.72. The van der Waals surface area contributed by atoms with E-state index in [-0.39, 0.29) is 11.9 Å². The van der Waals surface area contributed by atoms with Gasteiger partial charge in [0.1, 0.15) is 6.04 Å². The molecule has 1 aromatic rings. The maximum atomic E-state index is 11.9. The number of nitrogens with zero attached hydrogens (tertiary/aromatic N) is 1. The van der Waals surface area contributed by atoms with Crippen molar-refractivity contribution in [1.82, 2.24) is 10.2 Å². The summed E-state index contributed by atoms with van der Waals surface area (Å²) >= 11 is 0. The summed E-state index contributed by atoms with van der Waals surface area (Å²) in [5, 5.41) is 11.8. The normalized spacial score (nSPS) is 13.3. The van der Waals surface area contributed by atoms with E-state index in [9.17, 15) is 9.59 Å². The summed E-state index contributed by atoms with van der Waals surface area (Å²) in [5.41, 5.74) is 1.14. The molecule has 2 atom stereocenters. The Kier molecular flexibility index (Phi) is 6.03. The Bertz CT molecular complexity index is 448. The summed E-state index contributed by atoms with van der Waals surface area (Å²) < 4.78 is 0. The quantitative estimate of drug-likeness (QED) is 0.838. The standard InChI is InChI=1S/C15H22N2O3/c1-4-13(14(18)19)17(3)15(20)16-10-11(2)12-8-6-5-7-9-12/h5-9,11,13H,4,10H2,1-3H3,(H,16,20)(H,18,19). The minimum absolute atomic E-state index is 0.179. The fraction of sp³-hybridized carbons (Fsp3) is 0.467. The van der Waals surface area contributed by atoms with Crippen LogP contribution < -0.4 is 5.32 Å². The molecule has 0 aliphatic carbocycles. The van der Waals surface area contributed by atoms with Crippen LogP contribution in [-0.4, -0.2) is 41.6 Å². The van der Waals surface area contributed by atoms with Gasteiger partial charge in [-0.05, 0) is 17.9 Å². The summed E-state index contributed by atoms with van der Waals surface area (Å²) in [7, 11) is 1.50. The van der Waals surface area contributed by atoms with E-state index in [1.807, 2.05) is 37.3 Å². The molecule has 5 heteroatoms. The fourth-order valence-electron chi connectivity index (χ4n) is 2.02. The molecule has 2 unspecified atom stereocenters. The van der Waals surface area contributed by atoms with Crippen LogP contribution in [0.5, 0.6) is 0 Å². The highest BCUT2D eigenvalue weighted by atomic mass is 16.4. The van der Waals surface area contributed by atoms with Crippen LogP contribution >= 0.6 is 0 Å². The highest BCUT2D eigenvalue weighted by molar-refractivity contribution is 5.82. The lowest BCUT2D eigenvalue weighted by molar-refractivity contribution is -0.141. The molecule has 0 spiro atoms. The Morgan fingerprint density at radius 2 is 1.90 bits per heavy atom. The van der Waals surface area contributed by atoms with Crippen molar-refractivity contribution >= 4 is 12.0 Å². The predicted octanol–water partition coefficient (Wildman–Crippen LogP) is 2.29. The fourth-order valence-corrected chi connectivity index (χ4v) is 2.02. The van der Waals surface area contributed by atoms with E-state index in [0.29, 0.717) is 13.0 Å². The van der Waals surface area contributed by atoms with Crippen molar-refractivity contribution in [2.24, 2.45) is 0 Å². The highest BCUT2D eigenvalue weighted by Gasteiger charge is 2.24. The van der Waals surface area contributed by atoms with Gasteiger partial charge in [-0.2, -0.15) is 0 Å². The maximum absolute atomic E-state index is 11.9. The second-order valence-electron chi connectivity index (χ2n) is 4.87. The Morgan fingerprint density at radius 3 is 2.40 bits per heavy atom. The number of aliphatic carboxylic acids is 1. The molecule has 20 heavy (non-hydrogen) atoms. The second-order valence-corrected chi connectivity index (χ2v) is 4.87. The van der Waals surface area contributed by atoms with Crippen molar-refractivity contribution in [2.75, 3.05) is 13.6 Å². The first-order valence-corrected chi connectivity index (χ1v) is 6.75. The lowest BCUT2D eigenvalue weighted by atomic mass is 10.0. The number of rotatable bonds is 6. The molecule has 2 amide bonds. The first kappa shape index (κ1) is 16.0. The third-order valence-electron chi connectivity index (χ3n) is 3.39. The zero-order valence-electron chi connectivity index (χ0n) is 12.2. The number of likely N-dealkylation sites (N-methyl/N-ethyl adjacent to an activating group) is 1. The Morgan fingerprint density at radius 1 is 1.30 bits per heavy atom. The molecule has 5 nitrogen and oxygen atoms in total. The lowest BCUT2D eigenvalue weighted by Crippen LogP contribution is -2.47. The number of carbonyl (C=O) groups excluding carboxylic acids is 1. The molecular formula is C15H22N2O3. The number of hydrogen-bond donors (Lipinski definition) is 2. The number of carboxylic acid groups (broad SMARTS) is 1. The predicted molar refractivity (Wildman–Crippen MR) is 77.7 cm³/mol. The van der Waals surface area contributed by atoms with Crippen molar-refractivity contribution in [3.05, 3.63) is 35.9 Å². The topological polar surface area (TPSA) is 69.6 Å². The molecule has 0 aliphatic rings. The minimum atomic E-state index is -0.985. The first-order valence-electron chi connectivity index (χ1n) is 6.75. The SMILES string of the molecule is CCC(C(=O)O)N(C)C(=O)NCC(C)c1ccccc1. The van der Waals surface area contributed by atoms with Gasteiger partial charge in [0.05, 0.1) is 0 Å². The summed E-state index contributed by atoms with van der Waals surface area (Å²) in [5.74, 6) is -0.806. The van der Waals surface area contributed by atoms with Crippen molar-refractivity contribution < 1.29 is 14.7 Å². The molecule has 0 heterocycles. The van der Waals surface area contributed by atoms with E-state index in [1.54, 1.807) is 6.92 Å². The monoisotopic (exact) mass is 278 g/mol. The van der Waals surface area contributed by atoms with Gasteiger partial charge in [0, 0.05) is 13.6 Å². The van der Waals surface area contributed by atoms with Crippen molar-refractivity contribution in [1.29, 1.82) is 0 Å². The third-order valence-corrected chi connectivity index (χ3v) is 3.39. The molecule has 0 fully saturated rings.